The van der Waals surface area contributed by atoms with Crippen molar-refractivity contribution < 1.29 is 13.2 Å². The molecule has 6 nitrogen and oxygen atoms in total. The van der Waals surface area contributed by atoms with Gasteiger partial charge in [0.05, 0.1) is 6.54 Å². The molecule has 2 N–H and O–H groups in total. The molecule has 2 heterocycles. The minimum atomic E-state index is -3.72. The van der Waals surface area contributed by atoms with E-state index in [0.717, 1.165) is 47.7 Å². The highest BCUT2D eigenvalue weighted by atomic mass is 35.5. The van der Waals surface area contributed by atoms with Crippen LogP contribution in [0.1, 0.15) is 41.4 Å². The molecule has 32 heavy (non-hydrogen) atoms. The number of amides is 1. The van der Waals surface area contributed by atoms with Crippen molar-refractivity contribution in [2.24, 2.45) is 0 Å². The van der Waals surface area contributed by atoms with Crippen molar-refractivity contribution in [3.8, 4) is 0 Å². The van der Waals surface area contributed by atoms with Crippen LogP contribution in [0.2, 0.25) is 5.02 Å². The molecule has 0 saturated heterocycles. The lowest BCUT2D eigenvalue weighted by molar-refractivity contribution is 0.0951. The summed E-state index contributed by atoms with van der Waals surface area (Å²) in [5.41, 5.74) is 1.36. The second-order valence-corrected chi connectivity index (χ2v) is 10.8. The minimum absolute atomic E-state index is 0.210. The topological polar surface area (TPSA) is 78.5 Å². The van der Waals surface area contributed by atoms with Gasteiger partial charge in [-0.2, -0.15) is 8.42 Å². The molecule has 1 aromatic heterocycles. The molecule has 0 spiro atoms. The van der Waals surface area contributed by atoms with Crippen molar-refractivity contribution in [2.45, 2.75) is 36.9 Å². The van der Waals surface area contributed by atoms with E-state index >= 15 is 0 Å². The number of unbranched alkanes of at least 4 members (excludes halogenated alkanes) is 2. The molecule has 2 aromatic rings. The van der Waals surface area contributed by atoms with Crippen LogP contribution in [0.3, 0.4) is 0 Å². The third-order valence-electron chi connectivity index (χ3n) is 4.72. The molecule has 0 radical (unpaired) electrons. The number of halogens is 1. The Kier molecular flexibility index (Phi) is 8.55. The van der Waals surface area contributed by atoms with Crippen molar-refractivity contribution in [3.63, 3.8) is 0 Å². The highest BCUT2D eigenvalue weighted by Gasteiger charge is 2.22. The highest BCUT2D eigenvalue weighted by Crippen LogP contribution is 2.26. The van der Waals surface area contributed by atoms with Crippen LogP contribution < -0.4 is 10.6 Å². The van der Waals surface area contributed by atoms with Crippen LogP contribution in [0.4, 0.5) is 0 Å². The van der Waals surface area contributed by atoms with Crippen LogP contribution >= 0.6 is 22.9 Å². The van der Waals surface area contributed by atoms with Gasteiger partial charge in [-0.05, 0) is 61.0 Å². The molecule has 0 aliphatic carbocycles. The summed E-state index contributed by atoms with van der Waals surface area (Å²) < 4.78 is 27.5. The summed E-state index contributed by atoms with van der Waals surface area (Å²) in [7, 11) is -3.72. The molecular formula is C23H26ClN3O3S2. The Labute approximate surface area is 198 Å². The number of benzene rings is 1. The van der Waals surface area contributed by atoms with Crippen molar-refractivity contribution in [2.75, 3.05) is 6.54 Å². The van der Waals surface area contributed by atoms with E-state index in [1.54, 1.807) is 54.8 Å². The summed E-state index contributed by atoms with van der Waals surface area (Å²) in [6.45, 7) is 3.24. The van der Waals surface area contributed by atoms with E-state index < -0.39 is 10.0 Å². The van der Waals surface area contributed by atoms with E-state index in [-0.39, 0.29) is 16.7 Å². The number of allylic oxidation sites excluding steroid dienone is 3. The van der Waals surface area contributed by atoms with Crippen LogP contribution in [0.5, 0.6) is 0 Å². The third-order valence-corrected chi connectivity index (χ3v) is 8.17. The molecule has 0 atom stereocenters. The lowest BCUT2D eigenvalue weighted by Gasteiger charge is -2.14. The van der Waals surface area contributed by atoms with Gasteiger partial charge in [-0.25, -0.2) is 4.31 Å². The number of hydrogen-bond donors (Lipinski definition) is 2. The van der Waals surface area contributed by atoms with Gasteiger partial charge in [-0.3, -0.25) is 4.79 Å². The van der Waals surface area contributed by atoms with E-state index in [1.165, 1.54) is 10.5 Å². The van der Waals surface area contributed by atoms with Crippen LogP contribution in [-0.4, -0.2) is 25.2 Å². The molecule has 1 aliphatic rings. The zero-order valence-electron chi connectivity index (χ0n) is 17.8. The van der Waals surface area contributed by atoms with Gasteiger partial charge in [0.15, 0.2) is 0 Å². The Bertz CT molecular complexity index is 1120. The Hall–Kier alpha value is -2.55. The van der Waals surface area contributed by atoms with E-state index in [4.69, 9.17) is 11.6 Å². The number of nitrogens with one attached hydrogen (secondary N) is 2. The Morgan fingerprint density at radius 1 is 1.09 bits per heavy atom. The molecule has 0 saturated carbocycles. The third kappa shape index (κ3) is 6.48. The largest absolute Gasteiger partial charge is 0.385 e. The molecule has 1 amide bonds. The monoisotopic (exact) mass is 491 g/mol. The maximum atomic E-state index is 13.0. The normalized spacial score (nSPS) is 13.6. The Morgan fingerprint density at radius 3 is 2.62 bits per heavy atom. The van der Waals surface area contributed by atoms with Gasteiger partial charge < -0.3 is 10.6 Å². The Morgan fingerprint density at radius 2 is 1.88 bits per heavy atom. The fourth-order valence-electron chi connectivity index (χ4n) is 2.94. The molecule has 0 fully saturated rings. The number of thiophene rings is 1. The minimum Gasteiger partial charge on any atom is -0.385 e. The van der Waals surface area contributed by atoms with Gasteiger partial charge in [0, 0.05) is 40.1 Å². The number of carbonyl (C=O) groups is 1. The van der Waals surface area contributed by atoms with Gasteiger partial charge in [-0.15, -0.1) is 11.3 Å². The summed E-state index contributed by atoms with van der Waals surface area (Å²) in [6, 6.07) is 9.85. The quantitative estimate of drug-likeness (QED) is 0.457. The maximum Gasteiger partial charge on any atom is 0.277 e. The number of hydrogen-bond acceptors (Lipinski definition) is 5. The van der Waals surface area contributed by atoms with Gasteiger partial charge in [0.25, 0.3) is 15.9 Å². The number of rotatable bonds is 10. The van der Waals surface area contributed by atoms with Crippen LogP contribution in [-0.2, 0) is 16.6 Å². The molecular weight excluding hydrogens is 466 g/mol. The first kappa shape index (κ1) is 24.1. The summed E-state index contributed by atoms with van der Waals surface area (Å²) in [5.74, 6) is -0.247. The van der Waals surface area contributed by atoms with E-state index in [1.807, 2.05) is 6.08 Å². The van der Waals surface area contributed by atoms with Crippen molar-refractivity contribution in [1.29, 1.82) is 0 Å². The maximum absolute atomic E-state index is 13.0. The first-order chi connectivity index (χ1) is 15.4. The summed E-state index contributed by atoms with van der Waals surface area (Å²) in [4.78, 5) is 13.0. The van der Waals surface area contributed by atoms with Gasteiger partial charge in [0.1, 0.15) is 4.21 Å². The average molecular weight is 492 g/mol. The average Bonchev–Trinajstić information content (AvgIpc) is 3.14. The Balaban J connectivity index is 1.60. The first-order valence-electron chi connectivity index (χ1n) is 10.4. The molecule has 9 heteroatoms. The zero-order valence-corrected chi connectivity index (χ0v) is 20.1. The van der Waals surface area contributed by atoms with Gasteiger partial charge >= 0.3 is 0 Å². The first-order valence-corrected chi connectivity index (χ1v) is 13.0. The van der Waals surface area contributed by atoms with Gasteiger partial charge in [-0.1, -0.05) is 31.4 Å². The smallest absolute Gasteiger partial charge is 0.277 e. The molecule has 170 valence electrons. The SMILES string of the molecule is CCCCCNC1=CC=CN(S(=O)(=O)c2ccc(CNC(=O)c3ccc(Cl)cc3)s2)C=C1. The van der Waals surface area contributed by atoms with Crippen LogP contribution in [0.25, 0.3) is 0 Å². The number of nitrogens with zero attached hydrogens (tertiary/aromatic N) is 1. The van der Waals surface area contributed by atoms with E-state index in [0.29, 0.717) is 10.6 Å². The van der Waals surface area contributed by atoms with E-state index in [9.17, 15) is 13.2 Å². The summed E-state index contributed by atoms with van der Waals surface area (Å²) >= 11 is 6.98. The fourth-order valence-corrected chi connectivity index (χ4v) is 5.64. The lowest BCUT2D eigenvalue weighted by atomic mass is 10.2. The molecule has 0 unspecified atom stereocenters. The van der Waals surface area contributed by atoms with Crippen LogP contribution in [0.15, 0.2) is 76.9 Å². The summed E-state index contributed by atoms with van der Waals surface area (Å²) in [6.07, 6.45) is 11.7. The predicted octanol–water partition coefficient (Wildman–Crippen LogP) is 5.03. The molecule has 0 bridgehead atoms. The molecule has 1 aliphatic heterocycles. The zero-order chi connectivity index (χ0) is 23.0. The van der Waals surface area contributed by atoms with Crippen molar-refractivity contribution >= 4 is 38.9 Å². The highest BCUT2D eigenvalue weighted by molar-refractivity contribution is 7.91. The van der Waals surface area contributed by atoms with E-state index in [2.05, 4.69) is 17.6 Å². The standard InChI is InChI=1S/C23H26ClN3O3S2/c1-2-3-4-14-25-20-6-5-15-27(16-13-20)32(29,30)22-12-11-21(31-22)17-26-23(28)18-7-9-19(24)10-8-18/h5-13,15-16,25H,2-4,14,17H2,1H3,(H,26,28). The molecule has 1 aromatic carbocycles. The second-order valence-electron chi connectivity index (χ2n) is 7.16. The predicted molar refractivity (Wildman–Crippen MR) is 130 cm³/mol. The summed E-state index contributed by atoms with van der Waals surface area (Å²) in [5, 5.41) is 6.67. The van der Waals surface area contributed by atoms with Crippen molar-refractivity contribution in [3.05, 3.63) is 88.2 Å². The number of carbonyl (C=O) groups excluding carboxylic acids is 1. The van der Waals surface area contributed by atoms with Crippen LogP contribution in [0, 0.1) is 0 Å². The second kappa shape index (κ2) is 11.4. The molecule has 3 rings (SSSR count). The lowest BCUT2D eigenvalue weighted by Crippen LogP contribution is -2.22. The fraction of sp³-hybridized carbons (Fsp3) is 0.261. The van der Waals surface area contributed by atoms with Crippen molar-refractivity contribution in [1.82, 2.24) is 14.9 Å². The van der Waals surface area contributed by atoms with Gasteiger partial charge in [0.2, 0.25) is 0 Å². The number of sulfonamides is 1.